The first-order valence-electron chi connectivity index (χ1n) is 8.48. The second-order valence-electron chi connectivity index (χ2n) is 6.36. The number of hydrogen-bond donors (Lipinski definition) is 2. The molecule has 136 valence electrons. The Labute approximate surface area is 150 Å². The number of H-pyrrole nitrogens is 1. The molecular weight excluding hydrogens is 334 g/mol. The van der Waals surface area contributed by atoms with Gasteiger partial charge in [-0.2, -0.15) is 0 Å². The fourth-order valence-corrected chi connectivity index (χ4v) is 3.34. The van der Waals surface area contributed by atoms with Gasteiger partial charge in [0.15, 0.2) is 11.5 Å². The van der Waals surface area contributed by atoms with Crippen molar-refractivity contribution in [3.63, 3.8) is 0 Å². The van der Waals surface area contributed by atoms with Crippen LogP contribution < -0.4 is 10.2 Å². The first kappa shape index (κ1) is 16.5. The van der Waals surface area contributed by atoms with Crippen molar-refractivity contribution in [3.05, 3.63) is 30.9 Å². The van der Waals surface area contributed by atoms with Gasteiger partial charge >= 0.3 is 0 Å². The Morgan fingerprint density at radius 2 is 2.23 bits per heavy atom. The van der Waals surface area contributed by atoms with Gasteiger partial charge in [0.05, 0.1) is 12.9 Å². The normalized spacial score (nSPS) is 17.6. The van der Waals surface area contributed by atoms with E-state index in [1.54, 1.807) is 12.5 Å². The molecule has 0 spiro atoms. The molecule has 1 aliphatic heterocycles. The fourth-order valence-electron chi connectivity index (χ4n) is 3.34. The molecular formula is C16H21N9O. The number of amides is 1. The number of anilines is 1. The number of nitrogens with zero attached hydrogens (tertiary/aromatic N) is 7. The highest BCUT2D eigenvalue weighted by molar-refractivity contribution is 5.87. The number of fused-ring (bicyclic) bond motifs is 1. The fraction of sp³-hybridized carbons (Fsp3) is 0.438. The number of imidazole rings is 2. The van der Waals surface area contributed by atoms with Gasteiger partial charge in [0.2, 0.25) is 5.91 Å². The predicted molar refractivity (Wildman–Crippen MR) is 95.5 cm³/mol. The zero-order valence-electron chi connectivity index (χ0n) is 14.8. The molecule has 3 aromatic rings. The van der Waals surface area contributed by atoms with E-state index in [2.05, 4.69) is 30.2 Å². The van der Waals surface area contributed by atoms with Crippen LogP contribution >= 0.6 is 0 Å². The van der Waals surface area contributed by atoms with Crippen molar-refractivity contribution >= 4 is 22.9 Å². The molecule has 1 saturated heterocycles. The van der Waals surface area contributed by atoms with Gasteiger partial charge in [-0.05, 0) is 0 Å². The lowest BCUT2D eigenvalue weighted by Crippen LogP contribution is -2.51. The highest BCUT2D eigenvalue weighted by Gasteiger charge is 2.31. The Bertz CT molecular complexity index is 917. The molecule has 1 aliphatic rings. The van der Waals surface area contributed by atoms with Crippen molar-refractivity contribution in [2.75, 3.05) is 38.1 Å². The zero-order valence-corrected chi connectivity index (χ0v) is 14.8. The maximum atomic E-state index is 13.0. The molecule has 0 aliphatic carbocycles. The number of likely N-dealkylation sites (N-methyl/N-ethyl adjacent to an activating group) is 1. The van der Waals surface area contributed by atoms with Gasteiger partial charge in [-0.1, -0.05) is 0 Å². The average molecular weight is 355 g/mol. The van der Waals surface area contributed by atoms with Gasteiger partial charge in [-0.25, -0.2) is 19.9 Å². The minimum atomic E-state index is -0.0813. The molecule has 4 rings (SSSR count). The van der Waals surface area contributed by atoms with Crippen molar-refractivity contribution in [2.24, 2.45) is 7.05 Å². The highest BCUT2D eigenvalue weighted by atomic mass is 16.2. The largest absolute Gasteiger partial charge is 0.348 e. The van der Waals surface area contributed by atoms with E-state index < -0.39 is 0 Å². The van der Waals surface area contributed by atoms with Crippen LogP contribution in [0, 0.1) is 0 Å². The van der Waals surface area contributed by atoms with Gasteiger partial charge in [-0.3, -0.25) is 4.79 Å². The summed E-state index contributed by atoms with van der Waals surface area (Å²) in [6, 6.07) is -0.0813. The van der Waals surface area contributed by atoms with E-state index in [-0.39, 0.29) is 18.5 Å². The molecule has 1 amide bonds. The Balaban J connectivity index is 1.54. The van der Waals surface area contributed by atoms with E-state index in [4.69, 9.17) is 0 Å². The van der Waals surface area contributed by atoms with E-state index in [1.165, 1.54) is 6.33 Å². The number of carbonyl (C=O) groups excluding carboxylic acids is 1. The molecule has 1 unspecified atom stereocenters. The van der Waals surface area contributed by atoms with Crippen molar-refractivity contribution in [2.45, 2.75) is 6.04 Å². The molecule has 0 aromatic carbocycles. The summed E-state index contributed by atoms with van der Waals surface area (Å²) in [7, 11) is 3.79. The molecule has 26 heavy (non-hydrogen) atoms. The van der Waals surface area contributed by atoms with Crippen LogP contribution in [0.1, 0.15) is 11.9 Å². The second kappa shape index (κ2) is 6.71. The van der Waals surface area contributed by atoms with E-state index in [0.29, 0.717) is 24.6 Å². The smallest absolute Gasteiger partial charge is 0.242 e. The average Bonchev–Trinajstić information content (AvgIpc) is 3.29. The maximum absolute atomic E-state index is 13.0. The molecule has 4 heterocycles. The molecule has 0 bridgehead atoms. The number of aryl methyl sites for hydroxylation is 1. The lowest BCUT2D eigenvalue weighted by atomic mass is 10.1. The summed E-state index contributed by atoms with van der Waals surface area (Å²) >= 11 is 0. The third kappa shape index (κ3) is 2.88. The number of aromatic nitrogens is 6. The van der Waals surface area contributed by atoms with Crippen molar-refractivity contribution < 1.29 is 4.79 Å². The lowest BCUT2D eigenvalue weighted by Gasteiger charge is -2.36. The van der Waals surface area contributed by atoms with E-state index in [9.17, 15) is 4.79 Å². The molecule has 1 fully saturated rings. The quantitative estimate of drug-likeness (QED) is 0.661. The zero-order chi connectivity index (χ0) is 18.1. The van der Waals surface area contributed by atoms with Crippen LogP contribution in [0.25, 0.3) is 11.2 Å². The minimum Gasteiger partial charge on any atom is -0.348 e. The van der Waals surface area contributed by atoms with Crippen LogP contribution in [0.4, 0.5) is 5.82 Å². The number of nitrogens with one attached hydrogen (secondary N) is 2. The summed E-state index contributed by atoms with van der Waals surface area (Å²) in [5.41, 5.74) is 1.31. The van der Waals surface area contributed by atoms with E-state index >= 15 is 0 Å². The third-order valence-corrected chi connectivity index (χ3v) is 4.66. The Morgan fingerprint density at radius 1 is 1.35 bits per heavy atom. The summed E-state index contributed by atoms with van der Waals surface area (Å²) in [6.45, 7) is 2.33. The van der Waals surface area contributed by atoms with Crippen LogP contribution in [0.5, 0.6) is 0 Å². The van der Waals surface area contributed by atoms with Crippen LogP contribution in [-0.4, -0.2) is 73.5 Å². The molecule has 10 nitrogen and oxygen atoms in total. The molecule has 10 heteroatoms. The van der Waals surface area contributed by atoms with Crippen LogP contribution in [0.2, 0.25) is 0 Å². The van der Waals surface area contributed by atoms with Crippen molar-refractivity contribution in [3.8, 4) is 0 Å². The van der Waals surface area contributed by atoms with Gasteiger partial charge < -0.3 is 24.7 Å². The standard InChI is InChI=1S/C16H21N9O/c1-23-5-4-18-15(23)11-7-17-3-6-25(11)12(26)8-24(2)16-13-14(20-9-19-13)21-10-22-16/h4-5,9-11,17H,3,6-8H2,1-2H3,(H,19,20,21,22). The summed E-state index contributed by atoms with van der Waals surface area (Å²) in [5.74, 6) is 1.57. The molecule has 0 saturated carbocycles. The van der Waals surface area contributed by atoms with Gasteiger partial charge in [0.25, 0.3) is 0 Å². The highest BCUT2D eigenvalue weighted by Crippen LogP contribution is 2.22. The van der Waals surface area contributed by atoms with Crippen LogP contribution in [0.15, 0.2) is 25.0 Å². The molecule has 1 atom stereocenters. The van der Waals surface area contributed by atoms with Crippen LogP contribution in [-0.2, 0) is 11.8 Å². The predicted octanol–water partition coefficient (Wildman–Crippen LogP) is -0.304. The lowest BCUT2D eigenvalue weighted by molar-refractivity contribution is -0.133. The van der Waals surface area contributed by atoms with Gasteiger partial charge in [0, 0.05) is 46.1 Å². The van der Waals surface area contributed by atoms with Crippen LogP contribution in [0.3, 0.4) is 0 Å². The Morgan fingerprint density at radius 3 is 3.04 bits per heavy atom. The number of aromatic amines is 1. The first-order chi connectivity index (χ1) is 12.6. The van der Waals surface area contributed by atoms with Crippen molar-refractivity contribution in [1.29, 1.82) is 0 Å². The Kier molecular flexibility index (Phi) is 4.25. The second-order valence-corrected chi connectivity index (χ2v) is 6.36. The number of piperazine rings is 1. The molecule has 2 N–H and O–H groups in total. The SMILES string of the molecule is CN(CC(=O)N1CCNCC1c1nccn1C)c1ncnc2nc[nH]c12. The topological polar surface area (TPSA) is 108 Å². The monoisotopic (exact) mass is 355 g/mol. The third-order valence-electron chi connectivity index (χ3n) is 4.66. The van der Waals surface area contributed by atoms with Crippen molar-refractivity contribution in [1.82, 2.24) is 39.7 Å². The Hall–Kier alpha value is -3.01. The summed E-state index contributed by atoms with van der Waals surface area (Å²) in [4.78, 5) is 36.8. The van der Waals surface area contributed by atoms with E-state index in [0.717, 1.165) is 17.9 Å². The number of rotatable bonds is 4. The summed E-state index contributed by atoms with van der Waals surface area (Å²) in [5, 5.41) is 3.35. The van der Waals surface area contributed by atoms with Gasteiger partial charge in [0.1, 0.15) is 23.7 Å². The number of hydrogen-bond acceptors (Lipinski definition) is 7. The molecule has 3 aromatic heterocycles. The van der Waals surface area contributed by atoms with Gasteiger partial charge in [-0.15, -0.1) is 0 Å². The first-order valence-corrected chi connectivity index (χ1v) is 8.48. The number of carbonyl (C=O) groups is 1. The van der Waals surface area contributed by atoms with E-state index in [1.807, 2.05) is 34.7 Å². The molecule has 0 radical (unpaired) electrons. The maximum Gasteiger partial charge on any atom is 0.242 e. The summed E-state index contributed by atoms with van der Waals surface area (Å²) in [6.07, 6.45) is 6.69. The minimum absolute atomic E-state index is 0.0354. The summed E-state index contributed by atoms with van der Waals surface area (Å²) < 4.78 is 1.96.